The monoisotopic (exact) mass is 785 g/mol. The van der Waals surface area contributed by atoms with Gasteiger partial charge in [-0.15, -0.1) is 0 Å². The highest BCUT2D eigenvalue weighted by molar-refractivity contribution is 6.13. The molecule has 2 aromatic heterocycles. The fraction of sp³-hybridized carbons (Fsp3) is 0.0926. The molecule has 0 saturated carbocycles. The Kier molecular flexibility index (Phi) is 8.55. The summed E-state index contributed by atoms with van der Waals surface area (Å²) in [4.78, 5) is 0. The van der Waals surface area contributed by atoms with E-state index in [0.29, 0.717) is 22.5 Å². The molecule has 0 amide bonds. The van der Waals surface area contributed by atoms with Crippen LogP contribution in [-0.4, -0.2) is 9.13 Å². The minimum Gasteiger partial charge on any atom is -0.308 e. The maximum absolute atomic E-state index is 15.3. The third-order valence-electron chi connectivity index (χ3n) is 11.7. The van der Waals surface area contributed by atoms with Gasteiger partial charge < -0.3 is 9.13 Å². The van der Waals surface area contributed by atoms with Gasteiger partial charge in [-0.2, -0.15) is 18.4 Å². The maximum Gasteiger partial charge on any atom is 0.417 e. The average Bonchev–Trinajstić information content (AvgIpc) is 3.74. The van der Waals surface area contributed by atoms with Crippen molar-refractivity contribution >= 4 is 43.6 Å². The minimum atomic E-state index is -4.66. The zero-order valence-electron chi connectivity index (χ0n) is 33.5. The van der Waals surface area contributed by atoms with Crippen molar-refractivity contribution < 1.29 is 13.2 Å². The predicted molar refractivity (Wildman–Crippen MR) is 240 cm³/mol. The van der Waals surface area contributed by atoms with E-state index in [-0.39, 0.29) is 5.56 Å². The first-order chi connectivity index (χ1) is 29.0. The number of fused-ring (bicyclic) bond motifs is 6. The standard InChI is InChI=1S/C54H38F3N3/c1-32-21-33(2)24-39(23-32)37-17-19-49-44(29-37)41-11-6-9-15-47(41)59(49)51-27-36(31-58)28-52(53(51)43-13-5-8-14-46(43)54(55,56)57)60-48-16-10-7-12-42(48)45-30-38(18-20-50(45)60)40-25-34(3)22-35(4)26-40/h5-30H,1-4H3. The van der Waals surface area contributed by atoms with E-state index in [9.17, 15) is 5.26 Å². The molecular formula is C54H38F3N3. The summed E-state index contributed by atoms with van der Waals surface area (Å²) >= 11 is 0. The number of hydrogen-bond donors (Lipinski definition) is 0. The molecule has 0 bridgehead atoms. The third-order valence-corrected chi connectivity index (χ3v) is 11.7. The molecule has 8 aromatic carbocycles. The third kappa shape index (κ3) is 6.05. The Morgan fingerprint density at radius 3 is 1.30 bits per heavy atom. The van der Waals surface area contributed by atoms with E-state index < -0.39 is 11.7 Å². The first-order valence-corrected chi connectivity index (χ1v) is 20.0. The van der Waals surface area contributed by atoms with Crippen molar-refractivity contribution in [3.8, 4) is 50.8 Å². The van der Waals surface area contributed by atoms with Gasteiger partial charge in [-0.25, -0.2) is 0 Å². The van der Waals surface area contributed by atoms with Crippen molar-refractivity contribution in [3.05, 3.63) is 191 Å². The summed E-state index contributed by atoms with van der Waals surface area (Å²) < 4.78 is 50.0. The molecule has 0 aliphatic carbocycles. The molecule has 0 aliphatic heterocycles. The summed E-state index contributed by atoms with van der Waals surface area (Å²) in [6, 6.07) is 53.1. The number of para-hydroxylation sites is 2. The van der Waals surface area contributed by atoms with Crippen LogP contribution < -0.4 is 0 Å². The van der Waals surface area contributed by atoms with Crippen LogP contribution in [0.3, 0.4) is 0 Å². The summed E-state index contributed by atoms with van der Waals surface area (Å²) in [5, 5.41) is 14.6. The molecule has 0 saturated heterocycles. The topological polar surface area (TPSA) is 33.6 Å². The number of rotatable bonds is 5. The van der Waals surface area contributed by atoms with Gasteiger partial charge in [0.1, 0.15) is 0 Å². The molecule has 6 heteroatoms. The molecule has 3 nitrogen and oxygen atoms in total. The minimum absolute atomic E-state index is 0.0232. The molecule has 0 radical (unpaired) electrons. The summed E-state index contributed by atoms with van der Waals surface area (Å²) in [6.07, 6.45) is -4.66. The van der Waals surface area contributed by atoms with Crippen LogP contribution >= 0.6 is 0 Å². The van der Waals surface area contributed by atoms with Crippen molar-refractivity contribution in [1.82, 2.24) is 9.13 Å². The highest BCUT2D eigenvalue weighted by Gasteiger charge is 2.35. The first-order valence-electron chi connectivity index (χ1n) is 20.0. The lowest BCUT2D eigenvalue weighted by Crippen LogP contribution is -2.10. The van der Waals surface area contributed by atoms with Crippen LogP contribution in [0.15, 0.2) is 158 Å². The second kappa shape index (κ2) is 13.9. The highest BCUT2D eigenvalue weighted by Crippen LogP contribution is 2.47. The molecule has 0 spiro atoms. The summed E-state index contributed by atoms with van der Waals surface area (Å²) in [5.41, 5.74) is 13.1. The Hall–Kier alpha value is -7.36. The number of hydrogen-bond acceptors (Lipinski definition) is 1. The van der Waals surface area contributed by atoms with E-state index >= 15 is 13.2 Å². The number of aromatic nitrogens is 2. The number of aryl methyl sites for hydroxylation is 4. The van der Waals surface area contributed by atoms with Crippen molar-refractivity contribution in [2.75, 3.05) is 0 Å². The van der Waals surface area contributed by atoms with Gasteiger partial charge in [-0.3, -0.25) is 0 Å². The normalized spacial score (nSPS) is 11.9. The van der Waals surface area contributed by atoms with Gasteiger partial charge in [0.2, 0.25) is 0 Å². The van der Waals surface area contributed by atoms with Crippen LogP contribution in [0.1, 0.15) is 33.4 Å². The van der Waals surface area contributed by atoms with E-state index in [1.54, 1.807) is 24.3 Å². The maximum atomic E-state index is 15.3. The Bertz CT molecular complexity index is 3200. The largest absolute Gasteiger partial charge is 0.417 e. The van der Waals surface area contributed by atoms with E-state index in [2.05, 4.69) is 119 Å². The van der Waals surface area contributed by atoms with Gasteiger partial charge in [0.05, 0.1) is 50.6 Å². The zero-order valence-corrected chi connectivity index (χ0v) is 33.5. The average molecular weight is 786 g/mol. The van der Waals surface area contributed by atoms with Gasteiger partial charge in [0, 0.05) is 27.1 Å². The second-order valence-corrected chi connectivity index (χ2v) is 16.0. The Labute approximate surface area is 345 Å². The quantitative estimate of drug-likeness (QED) is 0.171. The van der Waals surface area contributed by atoms with Crippen LogP contribution in [-0.2, 0) is 6.18 Å². The van der Waals surface area contributed by atoms with Crippen molar-refractivity contribution in [1.29, 1.82) is 5.26 Å². The van der Waals surface area contributed by atoms with Crippen LogP contribution in [0.4, 0.5) is 13.2 Å². The van der Waals surface area contributed by atoms with Crippen LogP contribution in [0.2, 0.25) is 0 Å². The smallest absolute Gasteiger partial charge is 0.308 e. The van der Waals surface area contributed by atoms with Crippen molar-refractivity contribution in [3.63, 3.8) is 0 Å². The van der Waals surface area contributed by atoms with E-state index in [1.165, 1.54) is 6.07 Å². The number of nitrogens with zero attached hydrogens (tertiary/aromatic N) is 3. The van der Waals surface area contributed by atoms with Crippen molar-refractivity contribution in [2.24, 2.45) is 0 Å². The van der Waals surface area contributed by atoms with E-state index in [0.717, 1.165) is 94.2 Å². The number of halogens is 3. The molecular weight excluding hydrogens is 748 g/mol. The summed E-state index contributed by atoms with van der Waals surface area (Å²) in [7, 11) is 0. The van der Waals surface area contributed by atoms with Crippen LogP contribution in [0.5, 0.6) is 0 Å². The summed E-state index contributed by atoms with van der Waals surface area (Å²) in [6.45, 7) is 8.34. The van der Waals surface area contributed by atoms with E-state index in [1.807, 2.05) is 45.5 Å². The fourth-order valence-corrected chi connectivity index (χ4v) is 9.36. The van der Waals surface area contributed by atoms with Gasteiger partial charge in [0.15, 0.2) is 0 Å². The lowest BCUT2D eigenvalue weighted by atomic mass is 9.94. The molecule has 60 heavy (non-hydrogen) atoms. The SMILES string of the molecule is Cc1cc(C)cc(-c2ccc3c(c2)c2ccccc2n3-c2cc(C#N)cc(-n3c4ccccc4c4cc(-c5cc(C)cc(C)c5)ccc43)c2-c2ccccc2C(F)(F)F)c1. The van der Waals surface area contributed by atoms with Crippen LogP contribution in [0.25, 0.3) is 88.4 Å². The molecule has 2 heterocycles. The lowest BCUT2D eigenvalue weighted by Gasteiger charge is -2.23. The first kappa shape index (κ1) is 36.9. The predicted octanol–water partition coefficient (Wildman–Crippen LogP) is 15.0. The molecule has 290 valence electrons. The molecule has 0 N–H and O–H groups in total. The van der Waals surface area contributed by atoms with Gasteiger partial charge in [-0.05, 0) is 110 Å². The zero-order chi connectivity index (χ0) is 41.4. The van der Waals surface area contributed by atoms with Crippen LogP contribution in [0, 0.1) is 39.0 Å². The van der Waals surface area contributed by atoms with Crippen molar-refractivity contribution in [2.45, 2.75) is 33.9 Å². The highest BCUT2D eigenvalue weighted by atomic mass is 19.4. The molecule has 10 aromatic rings. The Morgan fingerprint density at radius 1 is 0.433 bits per heavy atom. The summed E-state index contributed by atoms with van der Waals surface area (Å²) in [5.74, 6) is 0. The second-order valence-electron chi connectivity index (χ2n) is 16.0. The number of benzene rings is 8. The molecule has 10 rings (SSSR count). The number of nitriles is 1. The molecule has 0 fully saturated rings. The number of alkyl halides is 3. The van der Waals surface area contributed by atoms with Gasteiger partial charge in [-0.1, -0.05) is 125 Å². The van der Waals surface area contributed by atoms with Gasteiger partial charge in [0.25, 0.3) is 0 Å². The Balaban J connectivity index is 1.34. The molecule has 0 unspecified atom stereocenters. The van der Waals surface area contributed by atoms with E-state index in [4.69, 9.17) is 0 Å². The van der Waals surface area contributed by atoms with Gasteiger partial charge >= 0.3 is 6.18 Å². The molecule has 0 aliphatic rings. The lowest BCUT2D eigenvalue weighted by molar-refractivity contribution is -0.137. The Morgan fingerprint density at radius 2 is 0.850 bits per heavy atom. The molecule has 0 atom stereocenters. The fourth-order valence-electron chi connectivity index (χ4n) is 9.36.